The number of carboxylic acids is 1. The van der Waals surface area contributed by atoms with Crippen LogP contribution >= 0.6 is 0 Å². The minimum Gasteiger partial charge on any atom is -0.480 e. The largest absolute Gasteiger partial charge is 0.480 e. The number of aliphatic hydroxyl groups excluding tert-OH is 1. The van der Waals surface area contributed by atoms with Crippen molar-refractivity contribution in [3.63, 3.8) is 0 Å². The Balaban J connectivity index is 1.27. The van der Waals surface area contributed by atoms with Gasteiger partial charge in [-0.25, -0.2) is 14.8 Å². The van der Waals surface area contributed by atoms with E-state index in [-0.39, 0.29) is 5.92 Å². The van der Waals surface area contributed by atoms with Gasteiger partial charge in [0.25, 0.3) is 0 Å². The summed E-state index contributed by atoms with van der Waals surface area (Å²) in [6, 6.07) is 14.6. The molecule has 0 radical (unpaired) electrons. The average molecular weight is 472 g/mol. The lowest BCUT2D eigenvalue weighted by atomic mass is 10.0. The summed E-state index contributed by atoms with van der Waals surface area (Å²) >= 11 is 0. The lowest BCUT2D eigenvalue weighted by molar-refractivity contribution is -0.138. The molecule has 0 amide bonds. The molecular formula is C26H25N5O4. The molecule has 0 bridgehead atoms. The van der Waals surface area contributed by atoms with Crippen LogP contribution in [0.4, 0.5) is 11.5 Å². The van der Waals surface area contributed by atoms with Crippen LogP contribution in [-0.2, 0) is 4.79 Å². The van der Waals surface area contributed by atoms with Crippen LogP contribution in [0.15, 0.2) is 59.1 Å². The number of aliphatic carboxylic acids is 1. The number of hydrogen-bond donors (Lipinski definition) is 4. The molecule has 0 saturated carbocycles. The Hall–Kier alpha value is -4.11. The molecule has 3 aromatic heterocycles. The maximum absolute atomic E-state index is 12.2. The molecule has 178 valence electrons. The lowest BCUT2D eigenvalue weighted by Gasteiger charge is -2.23. The maximum atomic E-state index is 12.2. The van der Waals surface area contributed by atoms with Crippen LogP contribution in [0, 0.1) is 12.8 Å². The van der Waals surface area contributed by atoms with Crippen LogP contribution < -0.4 is 10.2 Å². The number of nitrogens with one attached hydrogen (secondary N) is 2. The number of benzene rings is 2. The average Bonchev–Trinajstić information content (AvgIpc) is 3.55. The summed E-state index contributed by atoms with van der Waals surface area (Å²) in [5, 5.41) is 25.8. The standard InChI is InChI=1S/C26H25N5O4/c1-14-28-23-18-4-2-3-5-21(18)35-24(23)25(29-14)31-13-15(10-20(31)26(33)34)11-22(32)30-17-6-7-19-16(12-17)8-9-27-19/h2-9,12,15,20,22,27,30,32H,10-11,13H2,1H3,(H,33,34)/t15-,20+,22?/m1/s1. The van der Waals surface area contributed by atoms with Gasteiger partial charge in [0.15, 0.2) is 11.4 Å². The number of hydrogen-bond acceptors (Lipinski definition) is 7. The molecule has 3 atom stereocenters. The summed E-state index contributed by atoms with van der Waals surface area (Å²) in [4.78, 5) is 26.3. The fourth-order valence-corrected chi connectivity index (χ4v) is 5.15. The minimum absolute atomic E-state index is 0.0516. The van der Waals surface area contributed by atoms with E-state index in [0.717, 1.165) is 22.0 Å². The van der Waals surface area contributed by atoms with E-state index >= 15 is 0 Å². The molecule has 1 fully saturated rings. The Labute approximate surface area is 200 Å². The molecule has 4 heterocycles. The smallest absolute Gasteiger partial charge is 0.326 e. The van der Waals surface area contributed by atoms with Gasteiger partial charge in [0.2, 0.25) is 0 Å². The van der Waals surface area contributed by atoms with Gasteiger partial charge >= 0.3 is 5.97 Å². The fourth-order valence-electron chi connectivity index (χ4n) is 5.15. The quantitative estimate of drug-likeness (QED) is 0.271. The van der Waals surface area contributed by atoms with Crippen molar-refractivity contribution in [1.82, 2.24) is 15.0 Å². The minimum atomic E-state index is -0.923. The second-order valence-corrected chi connectivity index (χ2v) is 9.15. The first kappa shape index (κ1) is 21.4. The molecule has 1 aliphatic rings. The third-order valence-electron chi connectivity index (χ3n) is 6.70. The number of nitrogens with zero attached hydrogens (tertiary/aromatic N) is 3. The third kappa shape index (κ3) is 3.83. The lowest BCUT2D eigenvalue weighted by Crippen LogP contribution is -2.36. The molecule has 0 aliphatic carbocycles. The van der Waals surface area contributed by atoms with Crippen LogP contribution in [0.3, 0.4) is 0 Å². The van der Waals surface area contributed by atoms with Gasteiger partial charge in [-0.15, -0.1) is 0 Å². The highest BCUT2D eigenvalue weighted by Gasteiger charge is 2.40. The molecule has 1 aliphatic heterocycles. The van der Waals surface area contributed by atoms with Crippen LogP contribution in [0.1, 0.15) is 18.7 Å². The zero-order valence-corrected chi connectivity index (χ0v) is 19.1. The Morgan fingerprint density at radius 2 is 2.11 bits per heavy atom. The summed E-state index contributed by atoms with van der Waals surface area (Å²) in [7, 11) is 0. The molecule has 9 heteroatoms. The number of para-hydroxylation sites is 1. The molecule has 5 aromatic rings. The number of anilines is 2. The number of H-pyrrole nitrogens is 1. The van der Waals surface area contributed by atoms with Crippen molar-refractivity contribution < 1.29 is 19.4 Å². The van der Waals surface area contributed by atoms with Gasteiger partial charge in [0.05, 0.1) is 0 Å². The zero-order chi connectivity index (χ0) is 24.1. The summed E-state index contributed by atoms with van der Waals surface area (Å²) in [6.07, 6.45) is 1.86. The topological polar surface area (TPSA) is 128 Å². The molecule has 6 rings (SSSR count). The molecule has 9 nitrogen and oxygen atoms in total. The van der Waals surface area contributed by atoms with Crippen molar-refractivity contribution in [2.75, 3.05) is 16.8 Å². The number of aryl methyl sites for hydroxylation is 1. The molecule has 4 N–H and O–H groups in total. The Morgan fingerprint density at radius 3 is 2.97 bits per heavy atom. The van der Waals surface area contributed by atoms with Gasteiger partial charge < -0.3 is 29.8 Å². The maximum Gasteiger partial charge on any atom is 0.326 e. The van der Waals surface area contributed by atoms with Crippen molar-refractivity contribution >= 4 is 50.4 Å². The van der Waals surface area contributed by atoms with Gasteiger partial charge in [-0.3, -0.25) is 0 Å². The predicted octanol–water partition coefficient (Wildman–Crippen LogP) is 4.27. The van der Waals surface area contributed by atoms with E-state index in [9.17, 15) is 15.0 Å². The van der Waals surface area contributed by atoms with Crippen molar-refractivity contribution in [3.8, 4) is 0 Å². The van der Waals surface area contributed by atoms with Crippen molar-refractivity contribution in [2.45, 2.75) is 32.0 Å². The molecular weight excluding hydrogens is 446 g/mol. The van der Waals surface area contributed by atoms with Gasteiger partial charge in [-0.1, -0.05) is 12.1 Å². The van der Waals surface area contributed by atoms with Crippen molar-refractivity contribution in [2.24, 2.45) is 5.92 Å². The molecule has 1 unspecified atom stereocenters. The second-order valence-electron chi connectivity index (χ2n) is 9.15. The highest BCUT2D eigenvalue weighted by Crippen LogP contribution is 2.38. The summed E-state index contributed by atoms with van der Waals surface area (Å²) in [5.74, 6) is 0.0603. The second kappa shape index (κ2) is 8.28. The number of rotatable bonds is 6. The number of aliphatic hydroxyl groups is 1. The first-order valence-electron chi connectivity index (χ1n) is 11.6. The van der Waals surface area contributed by atoms with Crippen LogP contribution in [0.2, 0.25) is 0 Å². The van der Waals surface area contributed by atoms with E-state index in [0.29, 0.717) is 47.7 Å². The van der Waals surface area contributed by atoms with E-state index in [2.05, 4.69) is 20.3 Å². The van der Waals surface area contributed by atoms with E-state index in [1.54, 1.807) is 11.8 Å². The Morgan fingerprint density at radius 1 is 1.26 bits per heavy atom. The van der Waals surface area contributed by atoms with Crippen LogP contribution in [0.25, 0.3) is 33.0 Å². The first-order chi connectivity index (χ1) is 17.0. The number of carboxylic acid groups (broad SMARTS) is 1. The summed E-state index contributed by atoms with van der Waals surface area (Å²) < 4.78 is 6.08. The number of fused-ring (bicyclic) bond motifs is 4. The number of carbonyl (C=O) groups is 1. The van der Waals surface area contributed by atoms with E-state index in [4.69, 9.17) is 4.42 Å². The first-order valence-corrected chi connectivity index (χ1v) is 11.6. The molecule has 1 saturated heterocycles. The molecule has 35 heavy (non-hydrogen) atoms. The van der Waals surface area contributed by atoms with E-state index in [1.165, 1.54) is 0 Å². The number of furan rings is 1. The van der Waals surface area contributed by atoms with Gasteiger partial charge in [-0.05, 0) is 62.1 Å². The van der Waals surface area contributed by atoms with Crippen LogP contribution in [-0.4, -0.2) is 49.9 Å². The Kier molecular flexibility index (Phi) is 5.07. The van der Waals surface area contributed by atoms with Gasteiger partial charge in [0, 0.05) is 34.7 Å². The third-order valence-corrected chi connectivity index (χ3v) is 6.70. The SMILES string of the molecule is Cc1nc(N2C[C@@H](CC(O)Nc3ccc4[nH]ccc4c3)C[C@H]2C(=O)O)c2oc3ccccc3c2n1. The summed E-state index contributed by atoms with van der Waals surface area (Å²) in [6.45, 7) is 2.23. The van der Waals surface area contributed by atoms with Gasteiger partial charge in [0.1, 0.15) is 29.2 Å². The van der Waals surface area contributed by atoms with E-state index < -0.39 is 18.2 Å². The molecule has 0 spiro atoms. The zero-order valence-electron chi connectivity index (χ0n) is 19.1. The van der Waals surface area contributed by atoms with E-state index in [1.807, 2.05) is 54.7 Å². The molecule has 2 aromatic carbocycles. The highest BCUT2D eigenvalue weighted by atomic mass is 16.4. The number of aromatic nitrogens is 3. The number of aromatic amines is 1. The van der Waals surface area contributed by atoms with Crippen molar-refractivity contribution in [1.29, 1.82) is 0 Å². The Bertz CT molecular complexity index is 1560. The fraction of sp³-hybridized carbons (Fsp3) is 0.269. The van der Waals surface area contributed by atoms with Crippen molar-refractivity contribution in [3.05, 3.63) is 60.6 Å². The van der Waals surface area contributed by atoms with Crippen LogP contribution in [0.5, 0.6) is 0 Å². The predicted molar refractivity (Wildman–Crippen MR) is 133 cm³/mol. The normalized spacial score (nSPS) is 19.1. The summed E-state index contributed by atoms with van der Waals surface area (Å²) in [5.41, 5.74) is 3.69. The monoisotopic (exact) mass is 471 g/mol. The van der Waals surface area contributed by atoms with Gasteiger partial charge in [-0.2, -0.15) is 0 Å². The highest BCUT2D eigenvalue weighted by molar-refractivity contribution is 6.06.